The van der Waals surface area contributed by atoms with Crippen molar-refractivity contribution in [3.63, 3.8) is 0 Å². The molecule has 0 bridgehead atoms. The van der Waals surface area contributed by atoms with E-state index in [1.165, 1.54) is 0 Å². The third-order valence-corrected chi connectivity index (χ3v) is 2.39. The predicted octanol–water partition coefficient (Wildman–Crippen LogP) is 2.95. The fourth-order valence-electron chi connectivity index (χ4n) is 1.11. The topological polar surface area (TPSA) is 46.5 Å². The second-order valence-corrected chi connectivity index (χ2v) is 3.93. The molecule has 0 aliphatic carbocycles. The number of rotatable bonds is 3. The Morgan fingerprint density at radius 1 is 1.53 bits per heavy atom. The van der Waals surface area contributed by atoms with Gasteiger partial charge in [-0.3, -0.25) is 0 Å². The maximum absolute atomic E-state index is 10.7. The minimum atomic E-state index is -0.933. The van der Waals surface area contributed by atoms with E-state index in [-0.39, 0.29) is 5.57 Å². The van der Waals surface area contributed by atoms with Gasteiger partial charge < -0.3 is 9.84 Å². The number of carbonyl (C=O) groups is 1. The number of benzene rings is 1. The van der Waals surface area contributed by atoms with Crippen molar-refractivity contribution in [2.75, 3.05) is 7.11 Å². The van der Waals surface area contributed by atoms with Crippen LogP contribution in [0.1, 0.15) is 12.5 Å². The van der Waals surface area contributed by atoms with Gasteiger partial charge in [0.2, 0.25) is 0 Å². The number of halogens is 1. The molecule has 0 atom stereocenters. The zero-order valence-electron chi connectivity index (χ0n) is 8.45. The van der Waals surface area contributed by atoms with E-state index in [0.717, 1.165) is 10.0 Å². The van der Waals surface area contributed by atoms with Crippen LogP contribution in [0.3, 0.4) is 0 Å². The van der Waals surface area contributed by atoms with Gasteiger partial charge in [-0.2, -0.15) is 0 Å². The second kappa shape index (κ2) is 4.98. The first-order chi connectivity index (χ1) is 7.04. The van der Waals surface area contributed by atoms with Gasteiger partial charge in [-0.05, 0) is 31.2 Å². The molecule has 1 N–H and O–H groups in total. The number of ether oxygens (including phenoxy) is 1. The summed E-state index contributed by atoms with van der Waals surface area (Å²) >= 11 is 3.32. The molecule has 0 heterocycles. The van der Waals surface area contributed by atoms with Crippen LogP contribution in [0.15, 0.2) is 28.2 Å². The average Bonchev–Trinajstić information content (AvgIpc) is 2.18. The third kappa shape index (κ3) is 3.09. The van der Waals surface area contributed by atoms with E-state index in [1.807, 2.05) is 12.1 Å². The van der Waals surface area contributed by atoms with Gasteiger partial charge in [-0.1, -0.05) is 15.9 Å². The van der Waals surface area contributed by atoms with Gasteiger partial charge in [0.25, 0.3) is 0 Å². The highest BCUT2D eigenvalue weighted by Gasteiger charge is 2.04. The van der Waals surface area contributed by atoms with Crippen LogP contribution in [0.25, 0.3) is 6.08 Å². The van der Waals surface area contributed by atoms with Crippen molar-refractivity contribution < 1.29 is 14.6 Å². The van der Waals surface area contributed by atoms with Crippen molar-refractivity contribution in [3.8, 4) is 5.75 Å². The first kappa shape index (κ1) is 11.8. The number of aliphatic carboxylic acids is 1. The summed E-state index contributed by atoms with van der Waals surface area (Å²) in [5.74, 6) is -0.282. The Balaban J connectivity index is 3.18. The lowest BCUT2D eigenvalue weighted by Crippen LogP contribution is -1.96. The molecule has 0 unspecified atom stereocenters. The Kier molecular flexibility index (Phi) is 3.91. The highest BCUT2D eigenvalue weighted by atomic mass is 79.9. The summed E-state index contributed by atoms with van der Waals surface area (Å²) in [4.78, 5) is 10.7. The predicted molar refractivity (Wildman–Crippen MR) is 62.0 cm³/mol. The zero-order valence-corrected chi connectivity index (χ0v) is 10.0. The highest BCUT2D eigenvalue weighted by molar-refractivity contribution is 9.10. The number of hydrogen-bond donors (Lipinski definition) is 1. The molecule has 1 aromatic carbocycles. The first-order valence-electron chi connectivity index (χ1n) is 4.29. The minimum Gasteiger partial charge on any atom is -0.496 e. The summed E-state index contributed by atoms with van der Waals surface area (Å²) in [6.07, 6.45) is 1.58. The van der Waals surface area contributed by atoms with Gasteiger partial charge in [0, 0.05) is 15.6 Å². The molecule has 1 aromatic rings. The summed E-state index contributed by atoms with van der Waals surface area (Å²) in [6.45, 7) is 1.54. The number of carboxylic acid groups (broad SMARTS) is 1. The molecule has 0 fully saturated rings. The fraction of sp³-hybridized carbons (Fsp3) is 0.182. The maximum atomic E-state index is 10.7. The molecule has 80 valence electrons. The largest absolute Gasteiger partial charge is 0.496 e. The lowest BCUT2D eigenvalue weighted by molar-refractivity contribution is -0.132. The van der Waals surface area contributed by atoms with Crippen molar-refractivity contribution in [2.24, 2.45) is 0 Å². The summed E-state index contributed by atoms with van der Waals surface area (Å²) < 4.78 is 6.00. The Morgan fingerprint density at radius 3 is 2.73 bits per heavy atom. The van der Waals surface area contributed by atoms with Crippen molar-refractivity contribution in [3.05, 3.63) is 33.8 Å². The van der Waals surface area contributed by atoms with E-state index >= 15 is 0 Å². The molecule has 0 saturated carbocycles. The van der Waals surface area contributed by atoms with E-state index in [4.69, 9.17) is 9.84 Å². The summed E-state index contributed by atoms with van der Waals surface area (Å²) in [5, 5.41) is 8.76. The molecule has 0 aliphatic rings. The third-order valence-electron chi connectivity index (χ3n) is 1.90. The van der Waals surface area contributed by atoms with Gasteiger partial charge >= 0.3 is 5.97 Å². The van der Waals surface area contributed by atoms with Crippen LogP contribution in [-0.4, -0.2) is 18.2 Å². The molecule has 1 rings (SSSR count). The molecule has 0 aliphatic heterocycles. The normalized spacial score (nSPS) is 11.3. The van der Waals surface area contributed by atoms with E-state index < -0.39 is 5.97 Å². The lowest BCUT2D eigenvalue weighted by Gasteiger charge is -2.05. The molecule has 15 heavy (non-hydrogen) atoms. The Hall–Kier alpha value is -1.29. The molecule has 0 spiro atoms. The molecule has 0 amide bonds. The van der Waals surface area contributed by atoms with Crippen LogP contribution in [-0.2, 0) is 4.79 Å². The Labute approximate surface area is 96.5 Å². The highest BCUT2D eigenvalue weighted by Crippen LogP contribution is 2.25. The standard InChI is InChI=1S/C11H11BrO3/c1-7(11(13)14)5-8-6-9(12)3-4-10(8)15-2/h3-6H,1-2H3,(H,13,14). The van der Waals surface area contributed by atoms with Gasteiger partial charge in [0.05, 0.1) is 7.11 Å². The van der Waals surface area contributed by atoms with Crippen LogP contribution < -0.4 is 4.74 Å². The maximum Gasteiger partial charge on any atom is 0.331 e. The van der Waals surface area contributed by atoms with Crippen LogP contribution in [0.4, 0.5) is 0 Å². The average molecular weight is 271 g/mol. The summed E-state index contributed by atoms with van der Waals surface area (Å²) in [6, 6.07) is 5.43. The second-order valence-electron chi connectivity index (χ2n) is 3.02. The smallest absolute Gasteiger partial charge is 0.331 e. The Morgan fingerprint density at radius 2 is 2.20 bits per heavy atom. The molecular formula is C11H11BrO3. The molecule has 0 aromatic heterocycles. The number of hydrogen-bond acceptors (Lipinski definition) is 2. The van der Waals surface area contributed by atoms with Gasteiger partial charge in [0.15, 0.2) is 0 Å². The van der Waals surface area contributed by atoms with E-state index in [1.54, 1.807) is 26.2 Å². The number of carboxylic acids is 1. The zero-order chi connectivity index (χ0) is 11.4. The number of methoxy groups -OCH3 is 1. The van der Waals surface area contributed by atoms with Crippen LogP contribution >= 0.6 is 15.9 Å². The minimum absolute atomic E-state index is 0.270. The summed E-state index contributed by atoms with van der Waals surface area (Å²) in [5.41, 5.74) is 1.01. The summed E-state index contributed by atoms with van der Waals surface area (Å²) in [7, 11) is 1.55. The van der Waals surface area contributed by atoms with Crippen molar-refractivity contribution in [1.82, 2.24) is 0 Å². The monoisotopic (exact) mass is 270 g/mol. The van der Waals surface area contributed by atoms with Crippen LogP contribution in [0, 0.1) is 0 Å². The van der Waals surface area contributed by atoms with E-state index in [0.29, 0.717) is 5.75 Å². The fourth-order valence-corrected chi connectivity index (χ4v) is 1.49. The lowest BCUT2D eigenvalue weighted by atomic mass is 10.1. The molecule has 0 radical (unpaired) electrons. The van der Waals surface area contributed by atoms with Crippen molar-refractivity contribution in [1.29, 1.82) is 0 Å². The van der Waals surface area contributed by atoms with Crippen molar-refractivity contribution in [2.45, 2.75) is 6.92 Å². The molecule has 3 nitrogen and oxygen atoms in total. The van der Waals surface area contributed by atoms with Gasteiger partial charge in [-0.15, -0.1) is 0 Å². The molecular weight excluding hydrogens is 260 g/mol. The Bertz CT molecular complexity index is 410. The first-order valence-corrected chi connectivity index (χ1v) is 5.09. The van der Waals surface area contributed by atoms with Gasteiger partial charge in [0.1, 0.15) is 5.75 Å². The van der Waals surface area contributed by atoms with Crippen LogP contribution in [0.5, 0.6) is 5.75 Å². The molecule has 4 heteroatoms. The van der Waals surface area contributed by atoms with E-state index in [9.17, 15) is 4.79 Å². The van der Waals surface area contributed by atoms with Gasteiger partial charge in [-0.25, -0.2) is 4.79 Å². The van der Waals surface area contributed by atoms with Crippen LogP contribution in [0.2, 0.25) is 0 Å². The van der Waals surface area contributed by atoms with Crippen molar-refractivity contribution >= 4 is 28.0 Å². The van der Waals surface area contributed by atoms with E-state index in [2.05, 4.69) is 15.9 Å². The molecule has 0 saturated heterocycles. The SMILES string of the molecule is COc1ccc(Br)cc1C=C(C)C(=O)O. The quantitative estimate of drug-likeness (QED) is 0.860.